The van der Waals surface area contributed by atoms with Gasteiger partial charge in [-0.3, -0.25) is 9.59 Å². The van der Waals surface area contributed by atoms with E-state index in [1.165, 1.54) is 18.5 Å². The second kappa shape index (κ2) is 5.79. The zero-order chi connectivity index (χ0) is 15.7. The van der Waals surface area contributed by atoms with Crippen molar-refractivity contribution >= 4 is 45.7 Å². The molecule has 0 fully saturated rings. The molecule has 0 saturated carbocycles. The maximum absolute atomic E-state index is 12.4. The van der Waals surface area contributed by atoms with E-state index >= 15 is 0 Å². The van der Waals surface area contributed by atoms with Crippen molar-refractivity contribution in [2.45, 2.75) is 0 Å². The molecule has 1 aromatic carbocycles. The summed E-state index contributed by atoms with van der Waals surface area (Å²) in [6, 6.07) is 8.41. The number of aromatic amines is 1. The standard InChI is InChI=1S/C15H9Cl2N3O2/c16-8-5-12(14(17)19-6-8)20-15(22)10-7-18-11-4-2-1-3-9(11)13(10)21/h1-7H,(H,18,21)(H,20,22). The molecule has 0 atom stereocenters. The molecule has 7 heteroatoms. The number of nitrogens with one attached hydrogen (secondary N) is 2. The molecule has 0 bridgehead atoms. The van der Waals surface area contributed by atoms with Crippen molar-refractivity contribution in [2.24, 2.45) is 0 Å². The quantitative estimate of drug-likeness (QED) is 0.705. The average Bonchev–Trinajstić information content (AvgIpc) is 2.51. The van der Waals surface area contributed by atoms with Gasteiger partial charge >= 0.3 is 0 Å². The van der Waals surface area contributed by atoms with Crippen molar-refractivity contribution < 1.29 is 4.79 Å². The molecule has 2 aromatic heterocycles. The first-order valence-corrected chi connectivity index (χ1v) is 7.04. The molecule has 0 aliphatic rings. The lowest BCUT2D eigenvalue weighted by atomic mass is 10.1. The molecule has 0 aliphatic carbocycles. The van der Waals surface area contributed by atoms with E-state index in [2.05, 4.69) is 15.3 Å². The van der Waals surface area contributed by atoms with Gasteiger partial charge in [-0.15, -0.1) is 0 Å². The molecule has 0 spiro atoms. The molecule has 2 heterocycles. The van der Waals surface area contributed by atoms with Gasteiger partial charge in [-0.05, 0) is 18.2 Å². The van der Waals surface area contributed by atoms with E-state index in [4.69, 9.17) is 23.2 Å². The van der Waals surface area contributed by atoms with Gasteiger partial charge in [0.25, 0.3) is 5.91 Å². The first kappa shape index (κ1) is 14.6. The monoisotopic (exact) mass is 333 g/mol. The highest BCUT2D eigenvalue weighted by molar-refractivity contribution is 6.34. The number of benzene rings is 1. The third-order valence-electron chi connectivity index (χ3n) is 3.09. The zero-order valence-corrected chi connectivity index (χ0v) is 12.6. The maximum Gasteiger partial charge on any atom is 0.261 e. The SMILES string of the molecule is O=C(Nc1cc(Cl)cnc1Cl)c1c[nH]c2ccccc2c1=O. The summed E-state index contributed by atoms with van der Waals surface area (Å²) >= 11 is 11.7. The van der Waals surface area contributed by atoms with Gasteiger partial charge in [0.05, 0.1) is 10.7 Å². The number of nitrogens with zero attached hydrogens (tertiary/aromatic N) is 1. The normalized spacial score (nSPS) is 10.6. The number of aromatic nitrogens is 2. The van der Waals surface area contributed by atoms with Crippen molar-refractivity contribution in [3.63, 3.8) is 0 Å². The lowest BCUT2D eigenvalue weighted by Gasteiger charge is -2.07. The number of hydrogen-bond donors (Lipinski definition) is 2. The molecule has 0 unspecified atom stereocenters. The van der Waals surface area contributed by atoms with Crippen LogP contribution in [0.15, 0.2) is 47.5 Å². The van der Waals surface area contributed by atoms with Crippen molar-refractivity contribution in [2.75, 3.05) is 5.32 Å². The molecule has 0 radical (unpaired) electrons. The number of amides is 1. The molecule has 0 saturated heterocycles. The van der Waals surface area contributed by atoms with Crippen LogP contribution < -0.4 is 10.7 Å². The van der Waals surface area contributed by atoms with Crippen LogP contribution in [0.3, 0.4) is 0 Å². The third-order valence-corrected chi connectivity index (χ3v) is 3.59. The first-order valence-electron chi connectivity index (χ1n) is 6.29. The van der Waals surface area contributed by atoms with E-state index in [1.54, 1.807) is 24.3 Å². The number of carbonyl (C=O) groups excluding carboxylic acids is 1. The summed E-state index contributed by atoms with van der Waals surface area (Å²) in [5, 5.41) is 3.39. The van der Waals surface area contributed by atoms with Crippen LogP contribution in [0.2, 0.25) is 10.2 Å². The first-order chi connectivity index (χ1) is 10.6. The molecular formula is C15H9Cl2N3O2. The van der Waals surface area contributed by atoms with Crippen LogP contribution in [0, 0.1) is 0 Å². The average molecular weight is 334 g/mol. The van der Waals surface area contributed by atoms with Crippen molar-refractivity contribution in [1.82, 2.24) is 9.97 Å². The summed E-state index contributed by atoms with van der Waals surface area (Å²) in [5.74, 6) is -0.585. The summed E-state index contributed by atoms with van der Waals surface area (Å²) in [6.07, 6.45) is 2.73. The van der Waals surface area contributed by atoms with Gasteiger partial charge in [-0.1, -0.05) is 35.3 Å². The lowest BCUT2D eigenvalue weighted by Crippen LogP contribution is -2.22. The zero-order valence-electron chi connectivity index (χ0n) is 11.1. The Kier molecular flexibility index (Phi) is 3.83. The number of H-pyrrole nitrogens is 1. The number of hydrogen-bond acceptors (Lipinski definition) is 3. The highest BCUT2D eigenvalue weighted by Gasteiger charge is 2.15. The van der Waals surface area contributed by atoms with E-state index in [0.717, 1.165) is 0 Å². The number of anilines is 1. The minimum absolute atomic E-state index is 0.0188. The number of para-hydroxylation sites is 1. The van der Waals surface area contributed by atoms with Crippen LogP contribution >= 0.6 is 23.2 Å². The van der Waals surface area contributed by atoms with Crippen LogP contribution in [-0.2, 0) is 0 Å². The summed E-state index contributed by atoms with van der Waals surface area (Å²) in [5.41, 5.74) is 0.519. The predicted octanol–water partition coefficient (Wildman–Crippen LogP) is 3.48. The Hall–Kier alpha value is -2.37. The van der Waals surface area contributed by atoms with E-state index in [-0.39, 0.29) is 21.8 Å². The molecule has 22 heavy (non-hydrogen) atoms. The molecule has 3 rings (SSSR count). The summed E-state index contributed by atoms with van der Waals surface area (Å²) in [7, 11) is 0. The third kappa shape index (κ3) is 2.68. The molecule has 0 aliphatic heterocycles. The Morgan fingerprint density at radius 3 is 2.82 bits per heavy atom. The van der Waals surface area contributed by atoms with Crippen molar-refractivity contribution in [1.29, 1.82) is 0 Å². The lowest BCUT2D eigenvalue weighted by molar-refractivity contribution is 0.102. The van der Waals surface area contributed by atoms with E-state index in [0.29, 0.717) is 15.9 Å². The summed E-state index contributed by atoms with van der Waals surface area (Å²) < 4.78 is 0. The van der Waals surface area contributed by atoms with Gasteiger partial charge in [0.1, 0.15) is 5.56 Å². The highest BCUT2D eigenvalue weighted by Crippen LogP contribution is 2.23. The fourth-order valence-electron chi connectivity index (χ4n) is 2.04. The maximum atomic E-state index is 12.4. The number of fused-ring (bicyclic) bond motifs is 1. The molecule has 1 amide bonds. The number of halogens is 2. The number of carbonyl (C=O) groups is 1. The Bertz CT molecular complexity index is 937. The Balaban J connectivity index is 2.01. The molecular weight excluding hydrogens is 325 g/mol. The summed E-state index contributed by atoms with van der Waals surface area (Å²) in [6.45, 7) is 0. The van der Waals surface area contributed by atoms with E-state index < -0.39 is 5.91 Å². The predicted molar refractivity (Wildman–Crippen MR) is 86.8 cm³/mol. The van der Waals surface area contributed by atoms with E-state index in [1.807, 2.05) is 0 Å². The van der Waals surface area contributed by atoms with Crippen LogP contribution in [0.1, 0.15) is 10.4 Å². The van der Waals surface area contributed by atoms with Gasteiger partial charge in [0.15, 0.2) is 5.15 Å². The van der Waals surface area contributed by atoms with Crippen LogP contribution in [0.25, 0.3) is 10.9 Å². The Morgan fingerprint density at radius 2 is 2.00 bits per heavy atom. The van der Waals surface area contributed by atoms with Crippen LogP contribution in [0.5, 0.6) is 0 Å². The molecule has 110 valence electrons. The van der Waals surface area contributed by atoms with E-state index in [9.17, 15) is 9.59 Å². The second-order valence-corrected chi connectivity index (χ2v) is 5.32. The van der Waals surface area contributed by atoms with Gasteiger partial charge < -0.3 is 10.3 Å². The largest absolute Gasteiger partial charge is 0.360 e. The van der Waals surface area contributed by atoms with Crippen LogP contribution in [0.4, 0.5) is 5.69 Å². The molecule has 3 aromatic rings. The highest BCUT2D eigenvalue weighted by atomic mass is 35.5. The molecule has 5 nitrogen and oxygen atoms in total. The van der Waals surface area contributed by atoms with Crippen molar-refractivity contribution in [3.8, 4) is 0 Å². The van der Waals surface area contributed by atoms with Gasteiger partial charge in [-0.25, -0.2) is 4.98 Å². The summed E-state index contributed by atoms with van der Waals surface area (Å²) in [4.78, 5) is 31.4. The van der Waals surface area contributed by atoms with Crippen LogP contribution in [-0.4, -0.2) is 15.9 Å². The fourth-order valence-corrected chi connectivity index (χ4v) is 2.34. The Labute approximate surface area is 134 Å². The Morgan fingerprint density at radius 1 is 1.23 bits per heavy atom. The van der Waals surface area contributed by atoms with Crippen molar-refractivity contribution in [3.05, 3.63) is 68.7 Å². The minimum Gasteiger partial charge on any atom is -0.360 e. The van der Waals surface area contributed by atoms with Gasteiger partial charge in [-0.2, -0.15) is 0 Å². The van der Waals surface area contributed by atoms with Gasteiger partial charge in [0.2, 0.25) is 5.43 Å². The minimum atomic E-state index is -0.585. The molecule has 2 N–H and O–H groups in total. The van der Waals surface area contributed by atoms with Gasteiger partial charge in [0, 0.05) is 23.3 Å². The topological polar surface area (TPSA) is 74.8 Å². The fraction of sp³-hybridized carbons (Fsp3) is 0. The second-order valence-electron chi connectivity index (χ2n) is 4.52. The smallest absolute Gasteiger partial charge is 0.261 e. The number of pyridine rings is 2. The number of rotatable bonds is 2.